The van der Waals surface area contributed by atoms with Crippen molar-refractivity contribution in [1.29, 1.82) is 0 Å². The number of ether oxygens (including phenoxy) is 1. The number of rotatable bonds is 3. The molecule has 0 aromatic carbocycles. The van der Waals surface area contributed by atoms with Gasteiger partial charge in [-0.25, -0.2) is 9.97 Å². The third kappa shape index (κ3) is 3.36. The van der Waals surface area contributed by atoms with Crippen molar-refractivity contribution in [3.63, 3.8) is 0 Å². The standard InChI is InChI=1S/C16H16F3N7O/c1-27-14-3-2-12-22-23-15(26(12)24-14)10-4-6-25(7-5-10)13-8-11(16(17,18)19)20-9-21-13/h2-3,8-10H,4-7H2,1H3. The second kappa shape index (κ2) is 6.63. The highest BCUT2D eigenvalue weighted by Gasteiger charge is 2.34. The molecule has 0 amide bonds. The van der Waals surface area contributed by atoms with Crippen LogP contribution in [0, 0.1) is 0 Å². The lowest BCUT2D eigenvalue weighted by Crippen LogP contribution is -2.34. The summed E-state index contributed by atoms with van der Waals surface area (Å²) in [5, 5.41) is 12.7. The fraction of sp³-hybridized carbons (Fsp3) is 0.438. The van der Waals surface area contributed by atoms with E-state index in [1.807, 2.05) is 4.90 Å². The molecule has 1 fully saturated rings. The second-order valence-corrected chi connectivity index (χ2v) is 6.22. The van der Waals surface area contributed by atoms with Gasteiger partial charge in [-0.15, -0.1) is 15.3 Å². The van der Waals surface area contributed by atoms with Crippen LogP contribution in [0.2, 0.25) is 0 Å². The molecule has 4 heterocycles. The molecular weight excluding hydrogens is 363 g/mol. The molecule has 0 unspecified atom stereocenters. The minimum Gasteiger partial charge on any atom is -0.480 e. The molecule has 3 aromatic rings. The van der Waals surface area contributed by atoms with Crippen molar-refractivity contribution in [2.45, 2.75) is 24.9 Å². The highest BCUT2D eigenvalue weighted by Crippen LogP contribution is 2.32. The first-order valence-electron chi connectivity index (χ1n) is 8.36. The number of piperidine rings is 1. The first kappa shape index (κ1) is 17.4. The van der Waals surface area contributed by atoms with E-state index in [0.717, 1.165) is 18.2 Å². The van der Waals surface area contributed by atoms with E-state index in [1.54, 1.807) is 16.6 Å². The zero-order chi connectivity index (χ0) is 19.0. The van der Waals surface area contributed by atoms with Gasteiger partial charge in [-0.3, -0.25) is 0 Å². The predicted molar refractivity (Wildman–Crippen MR) is 88.6 cm³/mol. The van der Waals surface area contributed by atoms with Crippen LogP contribution in [0.25, 0.3) is 5.65 Å². The maximum Gasteiger partial charge on any atom is 0.433 e. The van der Waals surface area contributed by atoms with E-state index in [2.05, 4.69) is 25.3 Å². The Balaban J connectivity index is 1.51. The monoisotopic (exact) mass is 379 g/mol. The van der Waals surface area contributed by atoms with Crippen LogP contribution in [0.4, 0.5) is 19.0 Å². The number of methoxy groups -OCH3 is 1. The molecule has 142 valence electrons. The molecule has 8 nitrogen and oxygen atoms in total. The molecule has 0 spiro atoms. The number of alkyl halides is 3. The number of halogens is 3. The topological polar surface area (TPSA) is 81.3 Å². The molecule has 1 aliphatic heterocycles. The van der Waals surface area contributed by atoms with Gasteiger partial charge in [-0.05, 0) is 18.9 Å². The second-order valence-electron chi connectivity index (χ2n) is 6.22. The van der Waals surface area contributed by atoms with Gasteiger partial charge in [0.15, 0.2) is 11.5 Å². The highest BCUT2D eigenvalue weighted by atomic mass is 19.4. The van der Waals surface area contributed by atoms with Crippen molar-refractivity contribution in [1.82, 2.24) is 29.8 Å². The quantitative estimate of drug-likeness (QED) is 0.691. The number of anilines is 1. The summed E-state index contributed by atoms with van der Waals surface area (Å²) in [5.41, 5.74) is -0.312. The van der Waals surface area contributed by atoms with E-state index in [9.17, 15) is 13.2 Å². The summed E-state index contributed by atoms with van der Waals surface area (Å²) in [6.07, 6.45) is -2.14. The van der Waals surface area contributed by atoms with Crippen LogP contribution in [-0.4, -0.2) is 50.0 Å². The molecule has 27 heavy (non-hydrogen) atoms. The summed E-state index contributed by atoms with van der Waals surface area (Å²) in [4.78, 5) is 9.12. The zero-order valence-corrected chi connectivity index (χ0v) is 14.4. The van der Waals surface area contributed by atoms with Crippen LogP contribution in [0.3, 0.4) is 0 Å². The van der Waals surface area contributed by atoms with Crippen LogP contribution in [0.15, 0.2) is 24.5 Å². The summed E-state index contributed by atoms with van der Waals surface area (Å²) in [6.45, 7) is 1.11. The molecule has 0 N–H and O–H groups in total. The molecule has 11 heteroatoms. The lowest BCUT2D eigenvalue weighted by molar-refractivity contribution is -0.141. The van der Waals surface area contributed by atoms with Crippen molar-refractivity contribution in [2.75, 3.05) is 25.1 Å². The number of fused-ring (bicyclic) bond motifs is 1. The minimum absolute atomic E-state index is 0.0970. The number of nitrogens with zero attached hydrogens (tertiary/aromatic N) is 7. The Bertz CT molecular complexity index is 951. The van der Waals surface area contributed by atoms with E-state index in [0.29, 0.717) is 37.5 Å². The van der Waals surface area contributed by atoms with Crippen molar-refractivity contribution in [3.8, 4) is 5.88 Å². The average Bonchev–Trinajstić information content (AvgIpc) is 3.10. The molecule has 1 aliphatic rings. The van der Waals surface area contributed by atoms with Crippen molar-refractivity contribution >= 4 is 11.5 Å². The van der Waals surface area contributed by atoms with E-state index in [4.69, 9.17) is 4.74 Å². The molecule has 0 bridgehead atoms. The molecule has 4 rings (SSSR count). The summed E-state index contributed by atoms with van der Waals surface area (Å²) >= 11 is 0. The largest absolute Gasteiger partial charge is 0.480 e. The molecule has 1 saturated heterocycles. The van der Waals surface area contributed by atoms with Crippen molar-refractivity contribution in [2.24, 2.45) is 0 Å². The Morgan fingerprint density at radius 3 is 2.59 bits per heavy atom. The Labute approximate surface area is 152 Å². The van der Waals surface area contributed by atoms with E-state index >= 15 is 0 Å². The van der Waals surface area contributed by atoms with Gasteiger partial charge < -0.3 is 9.64 Å². The van der Waals surface area contributed by atoms with Crippen molar-refractivity contribution in [3.05, 3.63) is 36.0 Å². The molecular formula is C16H16F3N7O. The Morgan fingerprint density at radius 2 is 1.89 bits per heavy atom. The van der Waals surface area contributed by atoms with Gasteiger partial charge in [0.2, 0.25) is 5.88 Å². The highest BCUT2D eigenvalue weighted by molar-refractivity contribution is 5.41. The first-order chi connectivity index (χ1) is 13.0. The number of aromatic nitrogens is 6. The van der Waals surface area contributed by atoms with Crippen molar-refractivity contribution < 1.29 is 17.9 Å². The maximum absolute atomic E-state index is 12.8. The number of hydrogen-bond donors (Lipinski definition) is 0. The molecule has 0 radical (unpaired) electrons. The average molecular weight is 379 g/mol. The predicted octanol–water partition coefficient (Wildman–Crippen LogP) is 2.33. The zero-order valence-electron chi connectivity index (χ0n) is 14.4. The van der Waals surface area contributed by atoms with Crippen LogP contribution >= 0.6 is 0 Å². The Morgan fingerprint density at radius 1 is 1.11 bits per heavy atom. The van der Waals surface area contributed by atoms with Gasteiger partial charge >= 0.3 is 6.18 Å². The Kier molecular flexibility index (Phi) is 4.28. The summed E-state index contributed by atoms with van der Waals surface area (Å²) in [6, 6.07) is 4.47. The third-order valence-electron chi connectivity index (χ3n) is 4.60. The SMILES string of the molecule is COc1ccc2nnc(C3CCN(c4cc(C(F)(F)F)ncn4)CC3)n2n1. The summed E-state index contributed by atoms with van der Waals surface area (Å²) in [7, 11) is 1.54. The lowest BCUT2D eigenvalue weighted by atomic mass is 9.96. The molecule has 0 aliphatic carbocycles. The summed E-state index contributed by atoms with van der Waals surface area (Å²) < 4.78 is 45.4. The van der Waals surface area contributed by atoms with E-state index in [-0.39, 0.29) is 11.7 Å². The minimum atomic E-state index is -4.48. The van der Waals surface area contributed by atoms with Gasteiger partial charge in [-0.2, -0.15) is 17.7 Å². The van der Waals surface area contributed by atoms with Gasteiger partial charge in [-0.1, -0.05) is 0 Å². The lowest BCUT2D eigenvalue weighted by Gasteiger charge is -2.32. The molecule has 0 atom stereocenters. The van der Waals surface area contributed by atoms with Gasteiger partial charge in [0.05, 0.1) is 7.11 Å². The van der Waals surface area contributed by atoms with E-state index < -0.39 is 11.9 Å². The smallest absolute Gasteiger partial charge is 0.433 e. The van der Waals surface area contributed by atoms with Crippen LogP contribution in [0.5, 0.6) is 5.88 Å². The fourth-order valence-corrected chi connectivity index (χ4v) is 3.19. The van der Waals surface area contributed by atoms with Crippen LogP contribution in [-0.2, 0) is 6.18 Å². The van der Waals surface area contributed by atoms with Gasteiger partial charge in [0.1, 0.15) is 17.8 Å². The van der Waals surface area contributed by atoms with Gasteiger partial charge in [0, 0.05) is 31.1 Å². The first-order valence-corrected chi connectivity index (χ1v) is 8.36. The van der Waals surface area contributed by atoms with E-state index in [1.165, 1.54) is 7.11 Å². The fourth-order valence-electron chi connectivity index (χ4n) is 3.19. The third-order valence-corrected chi connectivity index (χ3v) is 4.60. The number of hydrogen-bond acceptors (Lipinski definition) is 7. The van der Waals surface area contributed by atoms with Gasteiger partial charge in [0.25, 0.3) is 0 Å². The Hall–Kier alpha value is -2.98. The van der Waals surface area contributed by atoms with Crippen LogP contribution in [0.1, 0.15) is 30.3 Å². The summed E-state index contributed by atoms with van der Waals surface area (Å²) in [5.74, 6) is 1.56. The normalized spacial score (nSPS) is 16.1. The molecule has 3 aromatic heterocycles. The van der Waals surface area contributed by atoms with Crippen LogP contribution < -0.4 is 9.64 Å². The maximum atomic E-state index is 12.8. The molecule has 0 saturated carbocycles.